The van der Waals surface area contributed by atoms with E-state index in [1.54, 1.807) is 0 Å². The van der Waals surface area contributed by atoms with E-state index in [1.165, 1.54) is 32.1 Å². The van der Waals surface area contributed by atoms with Crippen LogP contribution in [0.15, 0.2) is 0 Å². The van der Waals surface area contributed by atoms with Crippen molar-refractivity contribution in [3.05, 3.63) is 0 Å². The van der Waals surface area contributed by atoms with E-state index in [0.29, 0.717) is 19.5 Å². The Morgan fingerprint density at radius 1 is 1.04 bits per heavy atom. The first-order chi connectivity index (χ1) is 10.8. The second-order valence-corrected chi connectivity index (χ2v) is 7.73. The van der Waals surface area contributed by atoms with Gasteiger partial charge in [-0.2, -0.15) is 0 Å². The van der Waals surface area contributed by atoms with Crippen molar-refractivity contribution < 1.29 is 9.59 Å². The van der Waals surface area contributed by atoms with E-state index in [4.69, 9.17) is 0 Å². The van der Waals surface area contributed by atoms with E-state index in [-0.39, 0.29) is 11.8 Å². The van der Waals surface area contributed by atoms with E-state index in [1.807, 2.05) is 20.8 Å². The van der Waals surface area contributed by atoms with Gasteiger partial charge in [0.2, 0.25) is 11.8 Å². The largest absolute Gasteiger partial charge is 0.356 e. The van der Waals surface area contributed by atoms with Crippen LogP contribution in [0.1, 0.15) is 65.7 Å². The summed E-state index contributed by atoms with van der Waals surface area (Å²) in [6, 6.07) is 0.729. The van der Waals surface area contributed by atoms with Crippen LogP contribution >= 0.6 is 0 Å². The van der Waals surface area contributed by atoms with E-state index in [0.717, 1.165) is 19.0 Å². The van der Waals surface area contributed by atoms with Gasteiger partial charge < -0.3 is 15.5 Å². The molecule has 0 aromatic carbocycles. The summed E-state index contributed by atoms with van der Waals surface area (Å²) in [5.74, 6) is -0.000986. The number of amides is 2. The highest BCUT2D eigenvalue weighted by molar-refractivity contribution is 5.82. The number of carbonyl (C=O) groups excluding carboxylic acids is 2. The highest BCUT2D eigenvalue weighted by Gasteiger charge is 2.20. The minimum absolute atomic E-state index is 0.0135. The topological polar surface area (TPSA) is 61.4 Å². The Balaban J connectivity index is 2.04. The third-order valence-electron chi connectivity index (χ3n) is 4.53. The molecule has 2 amide bonds. The molecule has 5 nitrogen and oxygen atoms in total. The SMILES string of the molecule is CN(CCCNC(=O)CCNC(=O)C(C)(C)C)C1CCCCC1. The first-order valence-corrected chi connectivity index (χ1v) is 9.06. The molecule has 0 heterocycles. The third-order valence-corrected chi connectivity index (χ3v) is 4.53. The summed E-state index contributed by atoms with van der Waals surface area (Å²) in [6.45, 7) is 7.75. The van der Waals surface area contributed by atoms with E-state index >= 15 is 0 Å². The summed E-state index contributed by atoms with van der Waals surface area (Å²) >= 11 is 0. The van der Waals surface area contributed by atoms with Gasteiger partial charge >= 0.3 is 0 Å². The fourth-order valence-electron chi connectivity index (χ4n) is 2.90. The lowest BCUT2D eigenvalue weighted by molar-refractivity contribution is -0.128. The summed E-state index contributed by atoms with van der Waals surface area (Å²) in [7, 11) is 2.19. The van der Waals surface area contributed by atoms with Crippen LogP contribution in [0.4, 0.5) is 0 Å². The molecule has 0 bridgehead atoms. The van der Waals surface area contributed by atoms with Gasteiger partial charge in [-0.15, -0.1) is 0 Å². The van der Waals surface area contributed by atoms with Gasteiger partial charge in [0.05, 0.1) is 0 Å². The molecule has 5 heteroatoms. The third kappa shape index (κ3) is 8.35. The molecular weight excluding hydrogens is 290 g/mol. The van der Waals surface area contributed by atoms with Crippen molar-refractivity contribution in [1.82, 2.24) is 15.5 Å². The fraction of sp³-hybridized carbons (Fsp3) is 0.889. The van der Waals surface area contributed by atoms with Crippen LogP contribution in [0.25, 0.3) is 0 Å². The number of hydrogen-bond donors (Lipinski definition) is 2. The molecule has 2 N–H and O–H groups in total. The molecular formula is C18H35N3O2. The Hall–Kier alpha value is -1.10. The Labute approximate surface area is 141 Å². The molecule has 0 radical (unpaired) electrons. The van der Waals surface area contributed by atoms with Crippen molar-refractivity contribution in [3.8, 4) is 0 Å². The number of hydrogen-bond acceptors (Lipinski definition) is 3. The molecule has 0 unspecified atom stereocenters. The monoisotopic (exact) mass is 325 g/mol. The predicted molar refractivity (Wildman–Crippen MR) is 94.2 cm³/mol. The highest BCUT2D eigenvalue weighted by Crippen LogP contribution is 2.21. The van der Waals surface area contributed by atoms with E-state index in [9.17, 15) is 9.59 Å². The van der Waals surface area contributed by atoms with Crippen molar-refractivity contribution in [1.29, 1.82) is 0 Å². The molecule has 0 aromatic rings. The zero-order valence-electron chi connectivity index (χ0n) is 15.4. The Bertz CT molecular complexity index is 371. The second kappa shape index (κ2) is 9.91. The van der Waals surface area contributed by atoms with Crippen LogP contribution in [0.5, 0.6) is 0 Å². The van der Waals surface area contributed by atoms with Crippen molar-refractivity contribution in [2.45, 2.75) is 71.8 Å². The Kier molecular flexibility index (Phi) is 8.59. The quantitative estimate of drug-likeness (QED) is 0.673. The highest BCUT2D eigenvalue weighted by atomic mass is 16.2. The zero-order chi connectivity index (χ0) is 17.3. The predicted octanol–water partition coefficient (Wildman–Crippen LogP) is 2.31. The molecule has 23 heavy (non-hydrogen) atoms. The van der Waals surface area contributed by atoms with Crippen LogP contribution in [0.2, 0.25) is 0 Å². The van der Waals surface area contributed by atoms with Crippen LogP contribution < -0.4 is 10.6 Å². The van der Waals surface area contributed by atoms with Crippen molar-refractivity contribution in [2.75, 3.05) is 26.7 Å². The lowest BCUT2D eigenvalue weighted by atomic mass is 9.94. The standard InChI is InChI=1S/C18H35N3O2/c1-18(2,3)17(23)20-13-11-16(22)19-12-8-14-21(4)15-9-6-5-7-10-15/h15H,5-14H2,1-4H3,(H,19,22)(H,20,23). The zero-order valence-corrected chi connectivity index (χ0v) is 15.4. The number of nitrogens with one attached hydrogen (secondary N) is 2. The number of nitrogens with zero attached hydrogens (tertiary/aromatic N) is 1. The summed E-state index contributed by atoms with van der Waals surface area (Å²) in [4.78, 5) is 25.9. The lowest BCUT2D eigenvalue weighted by Gasteiger charge is -2.31. The molecule has 1 saturated carbocycles. The average Bonchev–Trinajstić information content (AvgIpc) is 2.51. The van der Waals surface area contributed by atoms with Gasteiger partial charge in [-0.25, -0.2) is 0 Å². The maximum Gasteiger partial charge on any atom is 0.225 e. The summed E-state index contributed by atoms with van der Waals surface area (Å²) in [6.07, 6.45) is 8.05. The maximum atomic E-state index is 11.7. The van der Waals surface area contributed by atoms with Gasteiger partial charge in [-0.05, 0) is 32.9 Å². The number of carbonyl (C=O) groups is 2. The Morgan fingerprint density at radius 2 is 1.70 bits per heavy atom. The first kappa shape index (κ1) is 19.9. The molecule has 0 aromatic heterocycles. The normalized spacial score (nSPS) is 16.4. The molecule has 0 atom stereocenters. The van der Waals surface area contributed by atoms with Gasteiger partial charge in [0, 0.05) is 31.0 Å². The fourth-order valence-corrected chi connectivity index (χ4v) is 2.90. The molecule has 0 spiro atoms. The Morgan fingerprint density at radius 3 is 2.30 bits per heavy atom. The van der Waals surface area contributed by atoms with Gasteiger partial charge in [-0.1, -0.05) is 40.0 Å². The van der Waals surface area contributed by atoms with Gasteiger partial charge in [0.1, 0.15) is 0 Å². The summed E-state index contributed by atoms with van der Waals surface area (Å²) in [5, 5.41) is 5.73. The first-order valence-electron chi connectivity index (χ1n) is 9.06. The smallest absolute Gasteiger partial charge is 0.225 e. The lowest BCUT2D eigenvalue weighted by Crippen LogP contribution is -2.38. The maximum absolute atomic E-state index is 11.7. The van der Waals surface area contributed by atoms with Crippen molar-refractivity contribution in [3.63, 3.8) is 0 Å². The average molecular weight is 325 g/mol. The minimum Gasteiger partial charge on any atom is -0.356 e. The molecule has 1 fully saturated rings. The van der Waals surface area contributed by atoms with Crippen molar-refractivity contribution >= 4 is 11.8 Å². The van der Waals surface area contributed by atoms with Crippen LogP contribution in [-0.4, -0.2) is 49.4 Å². The van der Waals surface area contributed by atoms with Crippen LogP contribution in [-0.2, 0) is 9.59 Å². The van der Waals surface area contributed by atoms with Crippen molar-refractivity contribution in [2.24, 2.45) is 5.41 Å². The molecule has 1 rings (SSSR count). The van der Waals surface area contributed by atoms with Crippen LogP contribution in [0.3, 0.4) is 0 Å². The molecule has 0 aliphatic heterocycles. The second-order valence-electron chi connectivity index (χ2n) is 7.73. The molecule has 0 saturated heterocycles. The molecule has 134 valence electrons. The number of rotatable bonds is 8. The van der Waals surface area contributed by atoms with Gasteiger partial charge in [-0.3, -0.25) is 9.59 Å². The van der Waals surface area contributed by atoms with E-state index < -0.39 is 5.41 Å². The van der Waals surface area contributed by atoms with E-state index in [2.05, 4.69) is 22.6 Å². The van der Waals surface area contributed by atoms with Gasteiger partial charge in [0.25, 0.3) is 0 Å². The van der Waals surface area contributed by atoms with Crippen LogP contribution in [0, 0.1) is 5.41 Å². The summed E-state index contributed by atoms with van der Waals surface area (Å²) in [5.41, 5.74) is -0.403. The summed E-state index contributed by atoms with van der Waals surface area (Å²) < 4.78 is 0. The van der Waals surface area contributed by atoms with Gasteiger partial charge in [0.15, 0.2) is 0 Å². The molecule has 1 aliphatic rings. The minimum atomic E-state index is -0.403. The molecule has 1 aliphatic carbocycles.